The van der Waals surface area contributed by atoms with Crippen molar-refractivity contribution in [3.63, 3.8) is 0 Å². The van der Waals surface area contributed by atoms with Crippen LogP contribution in [-0.2, 0) is 13.2 Å². The number of nitrogens with zero attached hydrogens (tertiary/aromatic N) is 2. The van der Waals surface area contributed by atoms with Gasteiger partial charge in [-0.05, 0) is 24.6 Å². The third-order valence-corrected chi connectivity index (χ3v) is 3.47. The quantitative estimate of drug-likeness (QED) is 0.922. The second-order valence-electron chi connectivity index (χ2n) is 4.44. The highest BCUT2D eigenvalue weighted by molar-refractivity contribution is 6.30. The van der Waals surface area contributed by atoms with Crippen LogP contribution in [-0.4, -0.2) is 14.9 Å². The molecule has 0 aliphatic heterocycles. The molecule has 1 aromatic heterocycles. The van der Waals surface area contributed by atoms with Crippen molar-refractivity contribution in [1.82, 2.24) is 9.78 Å². The molecular formula is C13H12ClF3N2O. The van der Waals surface area contributed by atoms with E-state index in [9.17, 15) is 18.3 Å². The molecule has 108 valence electrons. The first-order valence-corrected chi connectivity index (χ1v) is 6.14. The first kappa shape index (κ1) is 14.9. The number of halogens is 4. The predicted octanol–water partition coefficient (Wildman–Crippen LogP) is 3.48. The summed E-state index contributed by atoms with van der Waals surface area (Å²) in [5.41, 5.74) is 0.497. The second-order valence-corrected chi connectivity index (χ2v) is 4.79. The Morgan fingerprint density at radius 3 is 2.20 bits per heavy atom. The average Bonchev–Trinajstić information content (AvgIpc) is 2.62. The fraction of sp³-hybridized carbons (Fsp3) is 0.308. The van der Waals surface area contributed by atoms with Crippen LogP contribution in [0, 0.1) is 6.92 Å². The van der Waals surface area contributed by atoms with Crippen molar-refractivity contribution in [2.45, 2.75) is 19.2 Å². The van der Waals surface area contributed by atoms with Crippen LogP contribution in [0.25, 0.3) is 0 Å². The molecule has 0 saturated heterocycles. The SMILES string of the molecule is Cc1nn(C)c(Cl)c1C(O)c1ccc(C(F)(F)F)cc1. The molecule has 1 heterocycles. The minimum absolute atomic E-state index is 0.259. The van der Waals surface area contributed by atoms with Gasteiger partial charge in [-0.2, -0.15) is 18.3 Å². The fourth-order valence-electron chi connectivity index (χ4n) is 1.98. The van der Waals surface area contributed by atoms with Gasteiger partial charge in [0, 0.05) is 12.6 Å². The predicted molar refractivity (Wildman–Crippen MR) is 68.5 cm³/mol. The van der Waals surface area contributed by atoms with Crippen molar-refractivity contribution in [2.24, 2.45) is 7.05 Å². The monoisotopic (exact) mass is 304 g/mol. The largest absolute Gasteiger partial charge is 0.416 e. The lowest BCUT2D eigenvalue weighted by Gasteiger charge is -2.13. The van der Waals surface area contributed by atoms with Gasteiger partial charge < -0.3 is 5.11 Å². The Labute approximate surface area is 118 Å². The van der Waals surface area contributed by atoms with Crippen molar-refractivity contribution in [3.8, 4) is 0 Å². The van der Waals surface area contributed by atoms with E-state index in [0.717, 1.165) is 12.1 Å². The summed E-state index contributed by atoms with van der Waals surface area (Å²) in [6.45, 7) is 1.68. The van der Waals surface area contributed by atoms with Crippen molar-refractivity contribution in [2.75, 3.05) is 0 Å². The van der Waals surface area contributed by atoms with Crippen molar-refractivity contribution >= 4 is 11.6 Å². The molecule has 0 bridgehead atoms. The molecule has 20 heavy (non-hydrogen) atoms. The van der Waals surface area contributed by atoms with Gasteiger partial charge in [-0.25, -0.2) is 0 Å². The highest BCUT2D eigenvalue weighted by Gasteiger charge is 2.30. The van der Waals surface area contributed by atoms with E-state index in [1.54, 1.807) is 14.0 Å². The Bertz CT molecular complexity index is 620. The zero-order valence-electron chi connectivity index (χ0n) is 10.7. The molecule has 1 unspecified atom stereocenters. The van der Waals surface area contributed by atoms with E-state index in [4.69, 9.17) is 11.6 Å². The summed E-state index contributed by atoms with van der Waals surface area (Å²) in [7, 11) is 1.62. The van der Waals surface area contributed by atoms with E-state index in [1.807, 2.05) is 0 Å². The molecule has 0 amide bonds. The van der Waals surface area contributed by atoms with E-state index >= 15 is 0 Å². The smallest absolute Gasteiger partial charge is 0.383 e. The summed E-state index contributed by atoms with van der Waals surface area (Å²) in [4.78, 5) is 0. The zero-order valence-corrected chi connectivity index (χ0v) is 11.5. The van der Waals surface area contributed by atoms with E-state index in [2.05, 4.69) is 5.10 Å². The Hall–Kier alpha value is -1.53. The Morgan fingerprint density at radius 2 is 1.80 bits per heavy atom. The van der Waals surface area contributed by atoms with Gasteiger partial charge >= 0.3 is 6.18 Å². The van der Waals surface area contributed by atoms with Crippen LogP contribution in [0.5, 0.6) is 0 Å². The van der Waals surface area contributed by atoms with Crippen LogP contribution in [0.1, 0.15) is 28.5 Å². The molecule has 0 radical (unpaired) electrons. The normalized spacial score (nSPS) is 13.6. The van der Waals surface area contributed by atoms with E-state index in [1.165, 1.54) is 16.8 Å². The summed E-state index contributed by atoms with van der Waals surface area (Å²) in [6, 6.07) is 4.32. The molecule has 0 saturated carbocycles. The first-order valence-electron chi connectivity index (χ1n) is 5.76. The molecule has 1 N–H and O–H groups in total. The summed E-state index contributed by atoms with van der Waals surface area (Å²) in [5.74, 6) is 0. The van der Waals surface area contributed by atoms with Gasteiger partial charge in [0.15, 0.2) is 0 Å². The maximum atomic E-state index is 12.5. The minimum atomic E-state index is -4.40. The second kappa shape index (κ2) is 5.10. The van der Waals surface area contributed by atoms with Crippen LogP contribution in [0.3, 0.4) is 0 Å². The first-order chi connectivity index (χ1) is 9.21. The van der Waals surface area contributed by atoms with Gasteiger partial charge in [-0.15, -0.1) is 0 Å². The highest BCUT2D eigenvalue weighted by atomic mass is 35.5. The van der Waals surface area contributed by atoms with Gasteiger partial charge in [0.1, 0.15) is 11.3 Å². The maximum Gasteiger partial charge on any atom is 0.416 e. The molecule has 2 rings (SSSR count). The Balaban J connectivity index is 2.37. The van der Waals surface area contributed by atoms with Gasteiger partial charge in [-0.1, -0.05) is 23.7 Å². The molecule has 1 atom stereocenters. The van der Waals surface area contributed by atoms with Crippen molar-refractivity contribution < 1.29 is 18.3 Å². The summed E-state index contributed by atoms with van der Waals surface area (Å²) in [5, 5.41) is 14.6. The van der Waals surface area contributed by atoms with Crippen LogP contribution in [0.4, 0.5) is 13.2 Å². The zero-order chi connectivity index (χ0) is 15.1. The van der Waals surface area contributed by atoms with Crippen molar-refractivity contribution in [3.05, 3.63) is 51.8 Å². The standard InChI is InChI=1S/C13H12ClF3N2O/c1-7-10(12(14)19(2)18-7)11(20)8-3-5-9(6-4-8)13(15,16)17/h3-6,11,20H,1-2H3. The van der Waals surface area contributed by atoms with Crippen LogP contribution >= 0.6 is 11.6 Å². The number of hydrogen-bond donors (Lipinski definition) is 1. The number of alkyl halides is 3. The molecule has 7 heteroatoms. The number of rotatable bonds is 2. The minimum Gasteiger partial charge on any atom is -0.383 e. The molecule has 0 aliphatic rings. The van der Waals surface area contributed by atoms with Gasteiger partial charge in [0.2, 0.25) is 0 Å². The maximum absolute atomic E-state index is 12.5. The molecule has 0 spiro atoms. The summed E-state index contributed by atoms with van der Waals surface area (Å²) >= 11 is 6.02. The van der Waals surface area contributed by atoms with Crippen LogP contribution in [0.15, 0.2) is 24.3 Å². The molecule has 1 aromatic carbocycles. The van der Waals surface area contributed by atoms with Crippen LogP contribution in [0.2, 0.25) is 5.15 Å². The summed E-state index contributed by atoms with van der Waals surface area (Å²) < 4.78 is 38.8. The number of hydrogen-bond acceptors (Lipinski definition) is 2. The van der Waals surface area contributed by atoms with Gasteiger partial charge in [0.05, 0.1) is 11.3 Å². The van der Waals surface area contributed by atoms with E-state index in [-0.39, 0.29) is 5.15 Å². The third-order valence-electron chi connectivity index (χ3n) is 3.02. The van der Waals surface area contributed by atoms with Gasteiger partial charge in [0.25, 0.3) is 0 Å². The van der Waals surface area contributed by atoms with E-state index < -0.39 is 17.8 Å². The van der Waals surface area contributed by atoms with E-state index in [0.29, 0.717) is 16.8 Å². The van der Waals surface area contributed by atoms with Crippen LogP contribution < -0.4 is 0 Å². The third kappa shape index (κ3) is 2.66. The number of aliphatic hydroxyl groups is 1. The fourth-order valence-corrected chi connectivity index (χ4v) is 2.26. The number of aromatic nitrogens is 2. The topological polar surface area (TPSA) is 38.0 Å². The number of aryl methyl sites for hydroxylation is 2. The lowest BCUT2D eigenvalue weighted by Crippen LogP contribution is -2.06. The number of benzene rings is 1. The molecule has 3 nitrogen and oxygen atoms in total. The Kier molecular flexibility index (Phi) is 3.80. The molecule has 0 aliphatic carbocycles. The van der Waals surface area contributed by atoms with Crippen molar-refractivity contribution in [1.29, 1.82) is 0 Å². The Morgan fingerprint density at radius 1 is 1.25 bits per heavy atom. The molecule has 0 fully saturated rings. The average molecular weight is 305 g/mol. The lowest BCUT2D eigenvalue weighted by molar-refractivity contribution is -0.137. The lowest BCUT2D eigenvalue weighted by atomic mass is 10.0. The molecule has 2 aromatic rings. The summed E-state index contributed by atoms with van der Waals surface area (Å²) in [6.07, 6.45) is -5.51. The highest BCUT2D eigenvalue weighted by Crippen LogP contribution is 2.33. The molecular weight excluding hydrogens is 293 g/mol. The number of aliphatic hydroxyl groups excluding tert-OH is 1. The van der Waals surface area contributed by atoms with Gasteiger partial charge in [-0.3, -0.25) is 4.68 Å².